The van der Waals surface area contributed by atoms with E-state index in [0.717, 1.165) is 22.2 Å². The Morgan fingerprint density at radius 2 is 1.73 bits per heavy atom. The maximum absolute atomic E-state index is 6.21. The second kappa shape index (κ2) is 6.39. The van der Waals surface area contributed by atoms with Crippen LogP contribution in [0, 0.1) is 5.92 Å². The van der Waals surface area contributed by atoms with Crippen LogP contribution in [0.15, 0.2) is 42.5 Å². The van der Waals surface area contributed by atoms with Gasteiger partial charge < -0.3 is 10.6 Å². The van der Waals surface area contributed by atoms with Crippen molar-refractivity contribution in [1.82, 2.24) is 0 Å². The normalized spacial score (nSPS) is 23.5. The van der Waals surface area contributed by atoms with Crippen LogP contribution in [0.1, 0.15) is 31.9 Å². The van der Waals surface area contributed by atoms with Crippen molar-refractivity contribution in [2.24, 2.45) is 5.92 Å². The van der Waals surface area contributed by atoms with Gasteiger partial charge in [0.25, 0.3) is 0 Å². The topological polar surface area (TPSA) is 24.1 Å². The lowest BCUT2D eigenvalue weighted by Gasteiger charge is -2.39. The Morgan fingerprint density at radius 3 is 2.41 bits per heavy atom. The molecule has 0 saturated heterocycles. The first-order valence-electron chi connectivity index (χ1n) is 7.66. The molecule has 116 valence electrons. The van der Waals surface area contributed by atoms with E-state index < -0.39 is 0 Å². The first-order valence-corrected chi connectivity index (χ1v) is 8.42. The Kier molecular flexibility index (Phi) is 4.51. The van der Waals surface area contributed by atoms with Crippen LogP contribution in [0.3, 0.4) is 0 Å². The predicted octanol–water partition coefficient (Wildman–Crippen LogP) is 5.99. The SMILES string of the molecule is CC[C@@H]1Nc2ccc(Cl)cc2[C@@H](Nc2ccc(Cl)cc2)[C@@H]1C. The van der Waals surface area contributed by atoms with Crippen LogP contribution in [0.5, 0.6) is 0 Å². The fourth-order valence-electron chi connectivity index (χ4n) is 3.18. The summed E-state index contributed by atoms with van der Waals surface area (Å²) in [6, 6.07) is 14.6. The fourth-order valence-corrected chi connectivity index (χ4v) is 3.48. The molecule has 4 heteroatoms. The van der Waals surface area contributed by atoms with Crippen LogP contribution in [0.25, 0.3) is 0 Å². The lowest BCUT2D eigenvalue weighted by atomic mass is 9.82. The number of benzene rings is 2. The average molecular weight is 335 g/mol. The van der Waals surface area contributed by atoms with Crippen molar-refractivity contribution in [2.75, 3.05) is 10.6 Å². The monoisotopic (exact) mass is 334 g/mol. The van der Waals surface area contributed by atoms with E-state index in [1.165, 1.54) is 11.3 Å². The molecule has 2 aromatic rings. The van der Waals surface area contributed by atoms with Gasteiger partial charge in [0, 0.05) is 33.4 Å². The molecule has 0 fully saturated rings. The molecule has 0 amide bonds. The van der Waals surface area contributed by atoms with E-state index in [0.29, 0.717) is 12.0 Å². The second-order valence-corrected chi connectivity index (χ2v) is 6.75. The van der Waals surface area contributed by atoms with Gasteiger partial charge in [-0.3, -0.25) is 0 Å². The molecule has 0 spiro atoms. The van der Waals surface area contributed by atoms with Crippen molar-refractivity contribution in [3.63, 3.8) is 0 Å². The van der Waals surface area contributed by atoms with Crippen LogP contribution in [-0.4, -0.2) is 6.04 Å². The molecule has 0 bridgehead atoms. The Bertz CT molecular complexity index is 655. The summed E-state index contributed by atoms with van der Waals surface area (Å²) in [5.41, 5.74) is 3.46. The molecule has 0 aromatic heterocycles. The largest absolute Gasteiger partial charge is 0.382 e. The number of hydrogen-bond acceptors (Lipinski definition) is 2. The summed E-state index contributed by atoms with van der Waals surface area (Å²) in [6.07, 6.45) is 1.09. The molecule has 0 unspecified atom stereocenters. The summed E-state index contributed by atoms with van der Waals surface area (Å²) in [5, 5.41) is 8.79. The highest BCUT2D eigenvalue weighted by Crippen LogP contribution is 2.40. The van der Waals surface area contributed by atoms with Crippen LogP contribution in [0.2, 0.25) is 10.0 Å². The summed E-state index contributed by atoms with van der Waals surface area (Å²) >= 11 is 12.2. The summed E-state index contributed by atoms with van der Waals surface area (Å²) in [6.45, 7) is 4.49. The highest BCUT2D eigenvalue weighted by molar-refractivity contribution is 6.31. The molecule has 0 aliphatic carbocycles. The van der Waals surface area contributed by atoms with Gasteiger partial charge in [0.2, 0.25) is 0 Å². The highest BCUT2D eigenvalue weighted by atomic mass is 35.5. The van der Waals surface area contributed by atoms with Crippen LogP contribution in [-0.2, 0) is 0 Å². The fraction of sp³-hybridized carbons (Fsp3) is 0.333. The van der Waals surface area contributed by atoms with E-state index in [-0.39, 0.29) is 6.04 Å². The third-order valence-corrected chi connectivity index (χ3v) is 4.94. The minimum absolute atomic E-state index is 0.223. The molecule has 22 heavy (non-hydrogen) atoms. The van der Waals surface area contributed by atoms with Crippen molar-refractivity contribution in [2.45, 2.75) is 32.4 Å². The third kappa shape index (κ3) is 3.04. The Hall–Kier alpha value is -1.38. The highest BCUT2D eigenvalue weighted by Gasteiger charge is 2.32. The summed E-state index contributed by atoms with van der Waals surface area (Å²) in [7, 11) is 0. The number of fused-ring (bicyclic) bond motifs is 1. The maximum atomic E-state index is 6.21. The van der Waals surface area contributed by atoms with Gasteiger partial charge in [-0.2, -0.15) is 0 Å². The molecular formula is C18H20Cl2N2. The summed E-state index contributed by atoms with van der Waals surface area (Å²) < 4.78 is 0. The van der Waals surface area contributed by atoms with E-state index in [1.807, 2.05) is 30.3 Å². The zero-order chi connectivity index (χ0) is 15.7. The van der Waals surface area contributed by atoms with Gasteiger partial charge in [-0.15, -0.1) is 0 Å². The minimum atomic E-state index is 0.223. The van der Waals surface area contributed by atoms with Gasteiger partial charge in [0.1, 0.15) is 0 Å². The molecule has 1 aliphatic rings. The van der Waals surface area contributed by atoms with E-state index in [4.69, 9.17) is 23.2 Å². The maximum Gasteiger partial charge on any atom is 0.0579 e. The predicted molar refractivity (Wildman–Crippen MR) is 96.1 cm³/mol. The van der Waals surface area contributed by atoms with Gasteiger partial charge in [0.15, 0.2) is 0 Å². The number of anilines is 2. The minimum Gasteiger partial charge on any atom is -0.382 e. The van der Waals surface area contributed by atoms with E-state index in [1.54, 1.807) is 0 Å². The van der Waals surface area contributed by atoms with E-state index in [9.17, 15) is 0 Å². The van der Waals surface area contributed by atoms with E-state index >= 15 is 0 Å². The zero-order valence-electron chi connectivity index (χ0n) is 12.7. The first kappa shape index (κ1) is 15.5. The second-order valence-electron chi connectivity index (χ2n) is 5.88. The van der Waals surface area contributed by atoms with Crippen molar-refractivity contribution in [1.29, 1.82) is 0 Å². The van der Waals surface area contributed by atoms with Crippen LogP contribution < -0.4 is 10.6 Å². The zero-order valence-corrected chi connectivity index (χ0v) is 14.2. The molecule has 3 atom stereocenters. The molecule has 2 aromatic carbocycles. The smallest absolute Gasteiger partial charge is 0.0579 e. The van der Waals surface area contributed by atoms with Gasteiger partial charge in [0.05, 0.1) is 6.04 Å². The standard InChI is InChI=1S/C18H20Cl2N2/c1-3-16-11(2)18(21-14-7-4-12(19)5-8-14)15-10-13(20)6-9-17(15)22-16/h4-11,16,18,21-22H,3H2,1-2H3/t11-,16+,18+/m1/s1. The Balaban J connectivity index is 1.96. The number of nitrogens with one attached hydrogen (secondary N) is 2. The molecular weight excluding hydrogens is 315 g/mol. The Morgan fingerprint density at radius 1 is 1.05 bits per heavy atom. The molecule has 1 heterocycles. The van der Waals surface area contributed by atoms with Gasteiger partial charge in [-0.1, -0.05) is 37.0 Å². The molecule has 1 aliphatic heterocycles. The first-order chi connectivity index (χ1) is 10.6. The van der Waals surface area contributed by atoms with E-state index in [2.05, 4.69) is 36.6 Å². The van der Waals surface area contributed by atoms with Crippen molar-refractivity contribution in [3.8, 4) is 0 Å². The number of rotatable bonds is 3. The van der Waals surface area contributed by atoms with Crippen LogP contribution >= 0.6 is 23.2 Å². The molecule has 2 nitrogen and oxygen atoms in total. The van der Waals surface area contributed by atoms with Gasteiger partial charge in [-0.05, 0) is 54.4 Å². The summed E-state index contributed by atoms with van der Waals surface area (Å²) in [5.74, 6) is 0.451. The quantitative estimate of drug-likeness (QED) is 0.720. The van der Waals surface area contributed by atoms with Crippen molar-refractivity contribution in [3.05, 3.63) is 58.1 Å². The van der Waals surface area contributed by atoms with Crippen molar-refractivity contribution < 1.29 is 0 Å². The molecule has 2 N–H and O–H groups in total. The number of halogens is 2. The van der Waals surface area contributed by atoms with Gasteiger partial charge in [-0.25, -0.2) is 0 Å². The lowest BCUT2D eigenvalue weighted by Crippen LogP contribution is -2.38. The van der Waals surface area contributed by atoms with Gasteiger partial charge >= 0.3 is 0 Å². The molecule has 3 rings (SSSR count). The summed E-state index contributed by atoms with van der Waals surface area (Å²) in [4.78, 5) is 0. The number of hydrogen-bond donors (Lipinski definition) is 2. The molecule has 0 radical (unpaired) electrons. The van der Waals surface area contributed by atoms with Crippen molar-refractivity contribution >= 4 is 34.6 Å². The van der Waals surface area contributed by atoms with Crippen LogP contribution in [0.4, 0.5) is 11.4 Å². The lowest BCUT2D eigenvalue weighted by molar-refractivity contribution is 0.400. The average Bonchev–Trinajstić information content (AvgIpc) is 2.52. The molecule has 0 saturated carbocycles. The third-order valence-electron chi connectivity index (χ3n) is 4.46. The Labute approximate surface area is 141 Å².